The summed E-state index contributed by atoms with van der Waals surface area (Å²) in [5.41, 5.74) is 2.28. The fraction of sp³-hybridized carbons (Fsp3) is 0.333. The van der Waals surface area contributed by atoms with Gasteiger partial charge in [-0.25, -0.2) is 0 Å². The number of fused-ring (bicyclic) bond motifs is 1. The van der Waals surface area contributed by atoms with Gasteiger partial charge in [0.1, 0.15) is 5.69 Å². The highest BCUT2D eigenvalue weighted by Gasteiger charge is 2.29. The molecule has 1 aliphatic heterocycles. The van der Waals surface area contributed by atoms with Crippen LogP contribution >= 0.6 is 0 Å². The van der Waals surface area contributed by atoms with E-state index < -0.39 is 0 Å². The van der Waals surface area contributed by atoms with Crippen LogP contribution in [0.4, 0.5) is 0 Å². The van der Waals surface area contributed by atoms with E-state index in [-0.39, 0.29) is 11.8 Å². The van der Waals surface area contributed by atoms with Crippen molar-refractivity contribution < 1.29 is 9.59 Å². The number of carbonyl (C=O) groups excluding carboxylic acids is 2. The third-order valence-electron chi connectivity index (χ3n) is 2.27. The zero-order valence-corrected chi connectivity index (χ0v) is 7.55. The molecule has 1 aliphatic rings. The third-order valence-corrected chi connectivity index (χ3v) is 2.27. The highest BCUT2D eigenvalue weighted by molar-refractivity contribution is 6.08. The number of aryl methyl sites for hydroxylation is 1. The van der Waals surface area contributed by atoms with E-state index in [1.807, 2.05) is 13.0 Å². The van der Waals surface area contributed by atoms with Crippen LogP contribution in [0.25, 0.3) is 0 Å². The molecule has 2 amide bonds. The summed E-state index contributed by atoms with van der Waals surface area (Å²) in [6.45, 7) is 1.87. The van der Waals surface area contributed by atoms with Crippen LogP contribution in [0, 0.1) is 6.92 Å². The lowest BCUT2D eigenvalue weighted by molar-refractivity contribution is -0.127. The van der Waals surface area contributed by atoms with Gasteiger partial charge in [0.2, 0.25) is 5.91 Å². The van der Waals surface area contributed by atoms with Crippen molar-refractivity contribution in [3.05, 3.63) is 23.0 Å². The molecule has 0 aromatic carbocycles. The minimum atomic E-state index is -0.237. The summed E-state index contributed by atoms with van der Waals surface area (Å²) in [5, 5.41) is 0. The van der Waals surface area contributed by atoms with Crippen molar-refractivity contribution in [1.29, 1.82) is 0 Å². The average Bonchev–Trinajstić information content (AvgIpc) is 2.42. The Morgan fingerprint density at radius 3 is 2.85 bits per heavy atom. The second-order valence-corrected chi connectivity index (χ2v) is 3.29. The normalized spacial score (nSPS) is 16.3. The number of aromatic amines is 1. The predicted octanol–water partition coefficient (Wildman–Crippen LogP) is 0.478. The molecule has 2 rings (SSSR count). The van der Waals surface area contributed by atoms with Crippen LogP contribution in [0.2, 0.25) is 0 Å². The molecule has 0 radical (unpaired) electrons. The van der Waals surface area contributed by atoms with Gasteiger partial charge in [-0.1, -0.05) is 0 Å². The van der Waals surface area contributed by atoms with Gasteiger partial charge in [-0.05, 0) is 18.6 Å². The number of aromatic nitrogens is 1. The number of likely N-dealkylation sites (N-methyl/N-ethyl adjacent to an activating group) is 1. The van der Waals surface area contributed by atoms with Gasteiger partial charge in [0.15, 0.2) is 0 Å². The molecule has 0 atom stereocenters. The predicted molar refractivity (Wildman–Crippen MR) is 46.3 cm³/mol. The summed E-state index contributed by atoms with van der Waals surface area (Å²) in [6, 6.07) is 1.85. The molecule has 1 aromatic heterocycles. The first-order chi connectivity index (χ1) is 6.09. The monoisotopic (exact) mass is 178 g/mol. The summed E-state index contributed by atoms with van der Waals surface area (Å²) in [4.78, 5) is 26.9. The Balaban J connectivity index is 2.54. The van der Waals surface area contributed by atoms with E-state index in [4.69, 9.17) is 0 Å². The second-order valence-electron chi connectivity index (χ2n) is 3.29. The van der Waals surface area contributed by atoms with Crippen LogP contribution in [-0.2, 0) is 11.2 Å². The van der Waals surface area contributed by atoms with Gasteiger partial charge < -0.3 is 4.98 Å². The van der Waals surface area contributed by atoms with Crippen LogP contribution in [0.1, 0.15) is 21.7 Å². The molecule has 0 saturated heterocycles. The first kappa shape index (κ1) is 8.04. The zero-order chi connectivity index (χ0) is 9.59. The van der Waals surface area contributed by atoms with Crippen LogP contribution in [-0.4, -0.2) is 28.7 Å². The Morgan fingerprint density at radius 1 is 1.46 bits per heavy atom. The Morgan fingerprint density at radius 2 is 2.15 bits per heavy atom. The van der Waals surface area contributed by atoms with Crippen LogP contribution in [0.3, 0.4) is 0 Å². The number of rotatable bonds is 0. The van der Waals surface area contributed by atoms with E-state index in [1.165, 1.54) is 7.05 Å². The molecule has 68 valence electrons. The van der Waals surface area contributed by atoms with Gasteiger partial charge in [-0.2, -0.15) is 0 Å². The van der Waals surface area contributed by atoms with Crippen molar-refractivity contribution in [1.82, 2.24) is 9.88 Å². The van der Waals surface area contributed by atoms with Crippen molar-refractivity contribution in [3.8, 4) is 0 Å². The molecular formula is C9H10N2O2. The van der Waals surface area contributed by atoms with Crippen molar-refractivity contribution in [2.24, 2.45) is 0 Å². The lowest BCUT2D eigenvalue weighted by Crippen LogP contribution is -2.38. The molecule has 0 spiro atoms. The maximum atomic E-state index is 11.5. The lowest BCUT2D eigenvalue weighted by atomic mass is 10.1. The number of nitrogens with one attached hydrogen (secondary N) is 1. The minimum Gasteiger partial charge on any atom is -0.354 e. The highest BCUT2D eigenvalue weighted by atomic mass is 16.2. The highest BCUT2D eigenvalue weighted by Crippen LogP contribution is 2.18. The molecule has 0 fully saturated rings. The second kappa shape index (κ2) is 2.45. The Labute approximate surface area is 75.5 Å². The smallest absolute Gasteiger partial charge is 0.276 e. The van der Waals surface area contributed by atoms with E-state index in [2.05, 4.69) is 4.98 Å². The van der Waals surface area contributed by atoms with Gasteiger partial charge in [0.25, 0.3) is 5.91 Å². The van der Waals surface area contributed by atoms with E-state index in [1.54, 1.807) is 0 Å². The number of hydrogen-bond donors (Lipinski definition) is 1. The maximum Gasteiger partial charge on any atom is 0.276 e. The first-order valence-electron chi connectivity index (χ1n) is 4.09. The van der Waals surface area contributed by atoms with Crippen molar-refractivity contribution in [2.45, 2.75) is 13.3 Å². The Kier molecular flexibility index (Phi) is 1.52. The molecule has 0 bridgehead atoms. The largest absolute Gasteiger partial charge is 0.354 e. The van der Waals surface area contributed by atoms with E-state index in [0.717, 1.165) is 16.2 Å². The number of hydrogen-bond acceptors (Lipinski definition) is 2. The molecule has 1 N–H and O–H groups in total. The van der Waals surface area contributed by atoms with E-state index in [9.17, 15) is 9.59 Å². The molecule has 13 heavy (non-hydrogen) atoms. The molecule has 4 heteroatoms. The van der Waals surface area contributed by atoms with Gasteiger partial charge in [0, 0.05) is 12.7 Å². The molecular weight excluding hydrogens is 168 g/mol. The summed E-state index contributed by atoms with van der Waals surface area (Å²) in [7, 11) is 1.50. The minimum absolute atomic E-state index is 0.142. The summed E-state index contributed by atoms with van der Waals surface area (Å²) < 4.78 is 0. The molecule has 0 unspecified atom stereocenters. The third kappa shape index (κ3) is 1.06. The Hall–Kier alpha value is -1.58. The summed E-state index contributed by atoms with van der Waals surface area (Å²) in [5.74, 6) is -0.379. The number of H-pyrrole nitrogens is 1. The standard InChI is InChI=1S/C9H10N2O2/c1-5-3-6-4-7(12)11(2)9(13)8(6)10-5/h3,10H,4H2,1-2H3. The van der Waals surface area contributed by atoms with E-state index >= 15 is 0 Å². The summed E-state index contributed by atoms with van der Waals surface area (Å²) >= 11 is 0. The van der Waals surface area contributed by atoms with E-state index in [0.29, 0.717) is 12.1 Å². The number of amides is 2. The van der Waals surface area contributed by atoms with Crippen molar-refractivity contribution in [3.63, 3.8) is 0 Å². The van der Waals surface area contributed by atoms with Crippen LogP contribution in [0.5, 0.6) is 0 Å². The molecule has 4 nitrogen and oxygen atoms in total. The molecule has 0 aliphatic carbocycles. The first-order valence-corrected chi connectivity index (χ1v) is 4.09. The summed E-state index contributed by atoms with van der Waals surface area (Å²) in [6.07, 6.45) is 0.321. The van der Waals surface area contributed by atoms with Gasteiger partial charge in [-0.3, -0.25) is 14.5 Å². The van der Waals surface area contributed by atoms with Crippen LogP contribution in [0.15, 0.2) is 6.07 Å². The fourth-order valence-electron chi connectivity index (χ4n) is 1.54. The number of carbonyl (C=O) groups is 2. The van der Waals surface area contributed by atoms with Gasteiger partial charge >= 0.3 is 0 Å². The zero-order valence-electron chi connectivity index (χ0n) is 7.55. The van der Waals surface area contributed by atoms with Crippen LogP contribution < -0.4 is 0 Å². The topological polar surface area (TPSA) is 53.2 Å². The number of nitrogens with zero attached hydrogens (tertiary/aromatic N) is 1. The SMILES string of the molecule is Cc1cc2c([nH]1)C(=O)N(C)C(=O)C2. The van der Waals surface area contributed by atoms with Gasteiger partial charge in [-0.15, -0.1) is 0 Å². The van der Waals surface area contributed by atoms with Crippen molar-refractivity contribution >= 4 is 11.8 Å². The van der Waals surface area contributed by atoms with Crippen molar-refractivity contribution in [2.75, 3.05) is 7.05 Å². The Bertz CT molecular complexity index is 392. The quantitative estimate of drug-likeness (QED) is 0.587. The molecule has 0 saturated carbocycles. The maximum absolute atomic E-state index is 11.5. The molecule has 1 aromatic rings. The number of imide groups is 1. The average molecular weight is 178 g/mol. The lowest BCUT2D eigenvalue weighted by Gasteiger charge is -2.19. The van der Waals surface area contributed by atoms with Gasteiger partial charge in [0.05, 0.1) is 6.42 Å². The fourth-order valence-corrected chi connectivity index (χ4v) is 1.54. The molecule has 2 heterocycles.